The van der Waals surface area contributed by atoms with Crippen LogP contribution < -0.4 is 5.48 Å². The molecule has 0 saturated carbocycles. The normalized spacial score (nSPS) is 16.3. The molecule has 1 amide bonds. The molecule has 5 rings (SSSR count). The van der Waals surface area contributed by atoms with E-state index in [0.717, 1.165) is 22.2 Å². The van der Waals surface area contributed by atoms with Gasteiger partial charge in [-0.1, -0.05) is 24.3 Å². The molecule has 0 radical (unpaired) electrons. The van der Waals surface area contributed by atoms with Crippen LogP contribution in [-0.4, -0.2) is 58.0 Å². The van der Waals surface area contributed by atoms with E-state index in [1.807, 2.05) is 53.6 Å². The summed E-state index contributed by atoms with van der Waals surface area (Å²) >= 11 is 0. The molecule has 238 valence electrons. The second-order valence-corrected chi connectivity index (χ2v) is 10.8. The van der Waals surface area contributed by atoms with Gasteiger partial charge in [0.05, 0.1) is 29.5 Å². The van der Waals surface area contributed by atoms with Gasteiger partial charge in [0.25, 0.3) is 5.91 Å². The lowest BCUT2D eigenvalue weighted by molar-refractivity contribution is -0.143. The molecule has 45 heavy (non-hydrogen) atoms. The minimum atomic E-state index is -5.06. The van der Waals surface area contributed by atoms with Gasteiger partial charge >= 0.3 is 12.4 Å². The van der Waals surface area contributed by atoms with Crippen LogP contribution in [0.1, 0.15) is 39.7 Å². The van der Waals surface area contributed by atoms with Crippen LogP contribution in [0.25, 0.3) is 10.9 Å². The molecule has 2 aromatic carbocycles. The van der Waals surface area contributed by atoms with Crippen LogP contribution in [0.2, 0.25) is 0 Å². The fourth-order valence-corrected chi connectivity index (χ4v) is 5.40. The van der Waals surface area contributed by atoms with Crippen molar-refractivity contribution in [3.8, 4) is 0 Å². The molecule has 0 spiro atoms. The number of fused-ring (bicyclic) bond motifs is 1. The largest absolute Gasteiger partial charge is 0.416 e. The fraction of sp³-hybridized carbons (Fsp3) is 0.312. The third kappa shape index (κ3) is 7.96. The van der Waals surface area contributed by atoms with Gasteiger partial charge in [-0.25, -0.2) is 0 Å². The molecule has 2 N–H and O–H groups in total. The van der Waals surface area contributed by atoms with Crippen LogP contribution in [0.15, 0.2) is 85.0 Å². The number of para-hydroxylation sites is 1. The van der Waals surface area contributed by atoms with Crippen LogP contribution in [0.4, 0.5) is 26.3 Å². The van der Waals surface area contributed by atoms with E-state index < -0.39 is 41.0 Å². The Morgan fingerprint density at radius 1 is 1.02 bits per heavy atom. The standard InChI is InChI=1S/C32H31F6N5O2/c1-21(41-45-13-9-26-6-4-5-10-39-26)19-42-11-12-43(27(20-42)16-23-18-40-29-8-3-2-7-28(23)29)30(44)22-14-24(31(33,34)35)17-25(15-22)32(36,37)38/h2-8,10,14-15,17-19,27,40-41H,9,11-13,16,20H2,1H3/t27-/m1/s1. The van der Waals surface area contributed by atoms with E-state index in [4.69, 9.17) is 4.84 Å². The summed E-state index contributed by atoms with van der Waals surface area (Å²) in [5.74, 6) is -0.896. The van der Waals surface area contributed by atoms with E-state index in [9.17, 15) is 31.1 Å². The number of aromatic nitrogens is 2. The van der Waals surface area contributed by atoms with Crippen molar-refractivity contribution in [3.05, 3.63) is 113 Å². The summed E-state index contributed by atoms with van der Waals surface area (Å²) < 4.78 is 81.4. The lowest BCUT2D eigenvalue weighted by Gasteiger charge is -2.41. The molecule has 2 aromatic heterocycles. The van der Waals surface area contributed by atoms with Crippen LogP contribution in [0.5, 0.6) is 0 Å². The third-order valence-corrected chi connectivity index (χ3v) is 7.54. The first-order valence-corrected chi connectivity index (χ1v) is 14.2. The molecule has 0 aliphatic carbocycles. The molecule has 1 aliphatic rings. The zero-order valence-corrected chi connectivity index (χ0v) is 24.3. The molecule has 1 atom stereocenters. The Labute approximate surface area is 255 Å². The molecular formula is C32H31F6N5O2. The number of hydrogen-bond acceptors (Lipinski definition) is 5. The second-order valence-electron chi connectivity index (χ2n) is 10.8. The maximum absolute atomic E-state index is 13.7. The van der Waals surface area contributed by atoms with Gasteiger partial charge in [0.2, 0.25) is 0 Å². The number of H-pyrrole nitrogens is 1. The molecule has 13 heteroatoms. The molecular weight excluding hydrogens is 600 g/mol. The van der Waals surface area contributed by atoms with Gasteiger partial charge in [-0.05, 0) is 55.3 Å². The fourth-order valence-electron chi connectivity index (χ4n) is 5.40. The van der Waals surface area contributed by atoms with Crippen molar-refractivity contribution in [2.45, 2.75) is 38.2 Å². The smallest absolute Gasteiger partial charge is 0.372 e. The Kier molecular flexibility index (Phi) is 9.37. The first-order chi connectivity index (χ1) is 21.4. The Morgan fingerprint density at radius 2 is 1.73 bits per heavy atom. The van der Waals surface area contributed by atoms with E-state index >= 15 is 0 Å². The van der Waals surface area contributed by atoms with Gasteiger partial charge in [0.1, 0.15) is 0 Å². The molecule has 3 heterocycles. The van der Waals surface area contributed by atoms with Crippen LogP contribution in [0, 0.1) is 0 Å². The van der Waals surface area contributed by atoms with Gasteiger partial charge in [-0.15, -0.1) is 0 Å². The SMILES string of the molecule is CC(=CN1CCN(C(=O)c2cc(C(F)(F)F)cc(C(F)(F)F)c2)[C@H](Cc2c[nH]c3ccccc23)C1)NOCCc1ccccn1. The minimum absolute atomic E-state index is 0.0250. The van der Waals surface area contributed by atoms with Gasteiger partial charge in [0, 0.05) is 66.8 Å². The summed E-state index contributed by atoms with van der Waals surface area (Å²) in [6.07, 6.45) is -3.89. The Balaban J connectivity index is 1.37. The van der Waals surface area contributed by atoms with Crippen molar-refractivity contribution >= 4 is 16.8 Å². The van der Waals surface area contributed by atoms with Crippen LogP contribution in [-0.2, 0) is 30.0 Å². The monoisotopic (exact) mass is 631 g/mol. The average Bonchev–Trinajstić information content (AvgIpc) is 3.41. The maximum atomic E-state index is 13.7. The molecule has 1 aliphatic heterocycles. The molecule has 0 unspecified atom stereocenters. The quantitative estimate of drug-likeness (QED) is 0.124. The van der Waals surface area contributed by atoms with Crippen molar-refractivity contribution in [3.63, 3.8) is 0 Å². The topological polar surface area (TPSA) is 73.5 Å². The van der Waals surface area contributed by atoms with Crippen molar-refractivity contribution < 1.29 is 36.0 Å². The Morgan fingerprint density at radius 3 is 2.42 bits per heavy atom. The molecule has 1 saturated heterocycles. The number of amides is 1. The number of hydroxylamine groups is 1. The van der Waals surface area contributed by atoms with E-state index in [1.54, 1.807) is 19.3 Å². The highest BCUT2D eigenvalue weighted by atomic mass is 19.4. The van der Waals surface area contributed by atoms with E-state index in [2.05, 4.69) is 15.4 Å². The maximum Gasteiger partial charge on any atom is 0.416 e. The highest BCUT2D eigenvalue weighted by Crippen LogP contribution is 2.37. The van der Waals surface area contributed by atoms with Crippen LogP contribution in [0.3, 0.4) is 0 Å². The van der Waals surface area contributed by atoms with E-state index in [0.29, 0.717) is 43.8 Å². The molecule has 0 bridgehead atoms. The Bertz CT molecular complexity index is 1620. The predicted molar refractivity (Wildman–Crippen MR) is 156 cm³/mol. The third-order valence-electron chi connectivity index (χ3n) is 7.54. The summed E-state index contributed by atoms with van der Waals surface area (Å²) in [5.41, 5.74) is 2.45. The van der Waals surface area contributed by atoms with Crippen molar-refractivity contribution in [2.24, 2.45) is 0 Å². The number of piperazine rings is 1. The number of carbonyl (C=O) groups excluding carboxylic acids is 1. The summed E-state index contributed by atoms with van der Waals surface area (Å²) in [6, 6.07) is 13.6. The van der Waals surface area contributed by atoms with Crippen molar-refractivity contribution in [2.75, 3.05) is 26.2 Å². The van der Waals surface area contributed by atoms with Crippen molar-refractivity contribution in [1.82, 2.24) is 25.2 Å². The molecule has 7 nitrogen and oxygen atoms in total. The number of rotatable bonds is 9. The average molecular weight is 632 g/mol. The highest BCUT2D eigenvalue weighted by molar-refractivity contribution is 5.95. The summed E-state index contributed by atoms with van der Waals surface area (Å²) in [7, 11) is 0. The highest BCUT2D eigenvalue weighted by Gasteiger charge is 2.39. The number of carbonyl (C=O) groups is 1. The zero-order chi connectivity index (χ0) is 32.2. The number of allylic oxidation sites excluding steroid dienone is 1. The summed E-state index contributed by atoms with van der Waals surface area (Å²) in [5, 5.41) is 0.912. The molecule has 1 fully saturated rings. The van der Waals surface area contributed by atoms with Gasteiger partial charge < -0.3 is 14.8 Å². The lowest BCUT2D eigenvalue weighted by Crippen LogP contribution is -2.54. The number of pyridine rings is 1. The molecule has 4 aromatic rings. The minimum Gasteiger partial charge on any atom is -0.372 e. The second kappa shape index (κ2) is 13.2. The summed E-state index contributed by atoms with van der Waals surface area (Å²) in [4.78, 5) is 30.0. The number of halogens is 6. The number of nitrogens with zero attached hydrogens (tertiary/aromatic N) is 3. The number of nitrogens with one attached hydrogen (secondary N) is 2. The number of benzene rings is 2. The number of aromatic amines is 1. The van der Waals surface area contributed by atoms with Crippen LogP contribution >= 0.6 is 0 Å². The lowest BCUT2D eigenvalue weighted by atomic mass is 9.99. The first kappa shape index (κ1) is 31.9. The summed E-state index contributed by atoms with van der Waals surface area (Å²) in [6.45, 7) is 2.82. The van der Waals surface area contributed by atoms with E-state index in [1.165, 1.54) is 4.90 Å². The zero-order valence-electron chi connectivity index (χ0n) is 24.3. The number of alkyl halides is 6. The predicted octanol–water partition coefficient (Wildman–Crippen LogP) is 6.59. The first-order valence-electron chi connectivity index (χ1n) is 14.2. The number of hydrogen-bond donors (Lipinski definition) is 2. The van der Waals surface area contributed by atoms with Gasteiger partial charge in [-0.3, -0.25) is 20.1 Å². The van der Waals surface area contributed by atoms with E-state index in [-0.39, 0.29) is 19.2 Å². The Hall–Kier alpha value is -4.52. The van der Waals surface area contributed by atoms with Crippen molar-refractivity contribution in [1.29, 1.82) is 0 Å². The van der Waals surface area contributed by atoms with Gasteiger partial charge in [-0.2, -0.15) is 26.3 Å². The van der Waals surface area contributed by atoms with Gasteiger partial charge in [0.15, 0.2) is 0 Å².